The first-order valence-electron chi connectivity index (χ1n) is 54.6. The molecule has 0 spiro atoms. The number of nitrogens with one attached hydrogen (secondary N) is 4. The lowest BCUT2D eigenvalue weighted by Gasteiger charge is -2.32. The summed E-state index contributed by atoms with van der Waals surface area (Å²) in [5, 5.41) is 32.2. The molecule has 2 aliphatic rings. The highest BCUT2D eigenvalue weighted by Gasteiger charge is 2.39. The van der Waals surface area contributed by atoms with Gasteiger partial charge in [0.15, 0.2) is 17.3 Å². The van der Waals surface area contributed by atoms with E-state index < -0.39 is 102 Å². The molecule has 5 atom stereocenters. The van der Waals surface area contributed by atoms with Gasteiger partial charge in [-0.25, -0.2) is 14.4 Å². The highest BCUT2D eigenvalue weighted by Crippen LogP contribution is 2.45. The second kappa shape index (κ2) is 69.6. The Kier molecular flexibility index (Phi) is 59.3. The van der Waals surface area contributed by atoms with Crippen LogP contribution in [0.1, 0.15) is 444 Å². The van der Waals surface area contributed by atoms with Gasteiger partial charge in [-0.2, -0.15) is 0 Å². The number of rotatable bonds is 79. The summed E-state index contributed by atoms with van der Waals surface area (Å²) in [6.07, 6.45) is 57.2. The molecular weight excluding hydrogens is 1750 g/mol. The van der Waals surface area contributed by atoms with Gasteiger partial charge in [-0.1, -0.05) is 402 Å². The van der Waals surface area contributed by atoms with Crippen LogP contribution >= 0.6 is 0 Å². The minimum Gasteiger partial charge on any atom is -0.511 e. The van der Waals surface area contributed by atoms with Crippen LogP contribution in [-0.4, -0.2) is 150 Å². The zero-order chi connectivity index (χ0) is 101. The minimum absolute atomic E-state index is 0.00393. The van der Waals surface area contributed by atoms with Crippen molar-refractivity contribution in [1.29, 1.82) is 0 Å². The number of ketones is 1. The van der Waals surface area contributed by atoms with E-state index in [2.05, 4.69) is 47.0 Å². The number of aliphatic hydroxyl groups is 1. The lowest BCUT2D eigenvalue weighted by molar-refractivity contribution is -0.158. The third-order valence-electron chi connectivity index (χ3n) is 26.9. The molecule has 2 aliphatic carbocycles. The molecule has 0 fully saturated rings. The lowest BCUT2D eigenvalue weighted by atomic mass is 9.76. The number of carbonyl (C=O) groups is 9. The van der Waals surface area contributed by atoms with Crippen LogP contribution < -0.4 is 35.5 Å². The number of likely N-dealkylation sites (N-methyl/N-ethyl adjacent to an activating group) is 1. The zero-order valence-electron chi connectivity index (χ0n) is 87.7. The number of aliphatic imine (C=N–C) groups is 1. The molecule has 778 valence electrons. The van der Waals surface area contributed by atoms with Gasteiger partial charge in [-0.3, -0.25) is 33.8 Å². The van der Waals surface area contributed by atoms with Crippen LogP contribution in [0.3, 0.4) is 0 Å². The van der Waals surface area contributed by atoms with E-state index in [1.54, 1.807) is 70.2 Å². The van der Waals surface area contributed by atoms with Crippen LogP contribution in [0.2, 0.25) is 0 Å². The van der Waals surface area contributed by atoms with Gasteiger partial charge in [0.2, 0.25) is 29.4 Å². The van der Waals surface area contributed by atoms with Crippen LogP contribution in [-0.2, 0) is 65.6 Å². The van der Waals surface area contributed by atoms with Crippen molar-refractivity contribution >= 4 is 59.1 Å². The van der Waals surface area contributed by atoms with Gasteiger partial charge in [0.05, 0.1) is 38.2 Å². The highest BCUT2D eigenvalue weighted by atomic mass is 16.6. The molecule has 6 N–H and O–H groups in total. The Bertz CT molecular complexity index is 4160. The van der Waals surface area contributed by atoms with Gasteiger partial charge in [0.1, 0.15) is 54.8 Å². The number of hydrogen-bond donors (Lipinski definition) is 6. The normalized spacial score (nSPS) is 14.1. The van der Waals surface area contributed by atoms with E-state index in [1.165, 1.54) is 252 Å². The van der Waals surface area contributed by atoms with E-state index in [1.807, 2.05) is 62.4 Å². The van der Waals surface area contributed by atoms with Crippen molar-refractivity contribution in [2.75, 3.05) is 40.0 Å². The number of allylic oxidation sites excluding steroid dienone is 2. The van der Waals surface area contributed by atoms with E-state index in [-0.39, 0.29) is 80.6 Å². The predicted molar refractivity (Wildman–Crippen MR) is 559 cm³/mol. The summed E-state index contributed by atoms with van der Waals surface area (Å²) in [5.41, 5.74) is 3.87. The second-order valence-electron chi connectivity index (χ2n) is 41.3. The van der Waals surface area contributed by atoms with E-state index in [0.29, 0.717) is 48.2 Å². The molecule has 0 saturated carbocycles. The summed E-state index contributed by atoms with van der Waals surface area (Å²) in [4.78, 5) is 134. The Morgan fingerprint density at radius 1 is 0.475 bits per heavy atom. The smallest absolute Gasteiger partial charge is 0.407 e. The van der Waals surface area contributed by atoms with Gasteiger partial charge in [0.25, 0.3) is 0 Å². The van der Waals surface area contributed by atoms with Crippen LogP contribution in [0.4, 0.5) is 4.79 Å². The van der Waals surface area contributed by atoms with Crippen molar-refractivity contribution in [2.45, 2.75) is 471 Å². The van der Waals surface area contributed by atoms with Crippen molar-refractivity contribution in [3.8, 4) is 28.4 Å². The number of aliphatic carboxylic acids is 1. The number of carbonyl (C=O) groups excluding carboxylic acids is 8. The van der Waals surface area contributed by atoms with Crippen molar-refractivity contribution in [3.63, 3.8) is 0 Å². The number of Topliss-reactive ketones (excluding diaryl/α,β-unsaturated/α-hetero) is 1. The fraction of sp³-hybridized carbons (Fsp3) is 0.690. The van der Waals surface area contributed by atoms with E-state index in [9.17, 15) is 43.8 Å². The molecule has 0 unspecified atom stereocenters. The molecule has 139 heavy (non-hydrogen) atoms. The molecule has 6 rings (SSSR count). The quantitative estimate of drug-likeness (QED) is 0.0104. The topological polar surface area (TPSA) is 313 Å². The molecule has 4 aromatic carbocycles. The van der Waals surface area contributed by atoms with Crippen LogP contribution in [0.25, 0.3) is 11.1 Å². The number of nitrogens with zero attached hydrogens (tertiary/aromatic N) is 2. The standard InChI is InChI=1S/C116H182N6O17/c1-12-15-18-21-24-27-30-33-36-39-42-45-48-51-54-64-76-134-103-80-91(81-104(135-77-65-55-52-49-46-43-40-37-34-31-28-25-22-19-16-13-2)108(103)136-78-66-56-53-50-47-44-41-38-35-32-29-26-23-20-17-14-3)86-137-112(131)99(83-106(126)127)120-110(129)100(79-90-68-58-57-59-69-90)122(11)111(130)97(74-67-75-117-88(4)107-101(123)84-116(9,10)85-102(107)124)119-109(128)89(5)118-105(125)82-98(113(132)139-115(6,7)8)121-114(133)138-87-96-94-72-62-60-70-92(94)93-71-61-63-73-95(93)96/h57-63,68-73,80-81,89,96-100,123H,12-56,64-67,74-79,82-87H2,1-11H3,(H,118,125)(H,119,128)(H,120,129)(H,121,133)(H,126,127)/t89-,97+,98+,99+,100+/m1/s1. The monoisotopic (exact) mass is 1930 g/mol. The van der Waals surface area contributed by atoms with Gasteiger partial charge < -0.3 is 64.8 Å². The Morgan fingerprint density at radius 3 is 1.30 bits per heavy atom. The first kappa shape index (κ1) is 118. The molecular formula is C116H182N6O17. The zero-order valence-corrected chi connectivity index (χ0v) is 87.7. The summed E-state index contributed by atoms with van der Waals surface area (Å²) >= 11 is 0. The second-order valence-corrected chi connectivity index (χ2v) is 41.3. The van der Waals surface area contributed by atoms with Crippen molar-refractivity contribution < 1.29 is 81.8 Å². The van der Waals surface area contributed by atoms with E-state index in [0.717, 1.165) is 97.8 Å². The Labute approximate surface area is 836 Å². The summed E-state index contributed by atoms with van der Waals surface area (Å²) in [6.45, 7) is 19.2. The molecule has 0 aliphatic heterocycles. The van der Waals surface area contributed by atoms with Gasteiger partial charge in [-0.05, 0) is 118 Å². The summed E-state index contributed by atoms with van der Waals surface area (Å²) in [6, 6.07) is 20.2. The number of carboxylic acids is 1. The number of unbranched alkanes of at least 4 members (excludes halogenated alkanes) is 45. The fourth-order valence-corrected chi connectivity index (χ4v) is 18.9. The van der Waals surface area contributed by atoms with Gasteiger partial charge in [-0.15, -0.1) is 0 Å². The summed E-state index contributed by atoms with van der Waals surface area (Å²) < 4.78 is 37.8. The number of benzene rings is 4. The molecule has 0 radical (unpaired) electrons. The number of alkyl carbamates (subject to hydrolysis) is 1. The number of ether oxygens (including phenoxy) is 6. The maximum absolute atomic E-state index is 15.5. The number of esters is 2. The third-order valence-corrected chi connectivity index (χ3v) is 26.9. The van der Waals surface area contributed by atoms with E-state index in [4.69, 9.17) is 28.4 Å². The number of hydrogen-bond acceptors (Lipinski definition) is 17. The molecule has 4 aromatic rings. The molecule has 23 nitrogen and oxygen atoms in total. The predicted octanol–water partition coefficient (Wildman–Crippen LogP) is 26.8. The molecule has 0 bridgehead atoms. The van der Waals surface area contributed by atoms with Crippen LogP contribution in [0.5, 0.6) is 17.2 Å². The average molecular weight is 1930 g/mol. The van der Waals surface area contributed by atoms with Crippen molar-refractivity contribution in [3.05, 3.63) is 125 Å². The first-order chi connectivity index (χ1) is 67.1. The molecule has 0 saturated heterocycles. The van der Waals surface area contributed by atoms with Crippen LogP contribution in [0, 0.1) is 5.41 Å². The lowest BCUT2D eigenvalue weighted by Crippen LogP contribution is -2.58. The molecule has 23 heteroatoms. The maximum Gasteiger partial charge on any atom is 0.407 e. The minimum atomic E-state index is -1.79. The summed E-state index contributed by atoms with van der Waals surface area (Å²) in [7, 11) is 1.35. The largest absolute Gasteiger partial charge is 0.511 e. The summed E-state index contributed by atoms with van der Waals surface area (Å²) in [5.74, 6) is -6.19. The van der Waals surface area contributed by atoms with Crippen molar-refractivity contribution in [1.82, 2.24) is 26.2 Å². The molecule has 0 heterocycles. The van der Waals surface area contributed by atoms with Crippen molar-refractivity contribution in [2.24, 2.45) is 10.4 Å². The average Bonchev–Trinajstić information content (AvgIpc) is 1.65. The Morgan fingerprint density at radius 2 is 0.878 bits per heavy atom. The molecule has 5 amide bonds. The number of amides is 5. The number of carboxylic acid groups (broad SMARTS) is 1. The Hall–Kier alpha value is -9.28. The maximum atomic E-state index is 15.5. The Balaban J connectivity index is 1.21. The van der Waals surface area contributed by atoms with Crippen LogP contribution in [0.15, 0.2) is 107 Å². The first-order valence-corrected chi connectivity index (χ1v) is 54.6. The van der Waals surface area contributed by atoms with Gasteiger partial charge >= 0.3 is 24.0 Å². The SMILES string of the molecule is CCCCCCCCCCCCCCCCCCOc1cc(COC(=O)[C@H](CC(=O)O)NC(=O)[C@H](Cc2ccccc2)N(C)C(=O)[C@H](CCCN=C(C)C2=C(O)CC(C)(C)CC2=O)NC(=O)[C@@H](C)NC(=O)C[C@H](NC(=O)OCC2c3ccccc3-c3ccccc32)C(=O)OC(C)(C)C)cc(OCCCCCCCCCCCCCCCCCC)c1OCCCCCCCCCCCCCCCCCC. The highest BCUT2D eigenvalue weighted by molar-refractivity contribution is 6.22. The van der Waals surface area contributed by atoms with E-state index >= 15 is 9.59 Å². The third kappa shape index (κ3) is 48.8. The molecule has 0 aromatic heterocycles. The number of fused-ring (bicyclic) bond motifs is 3. The number of aliphatic hydroxyl groups excluding tert-OH is 1. The fourth-order valence-electron chi connectivity index (χ4n) is 18.9. The van der Waals surface area contributed by atoms with Gasteiger partial charge in [0, 0.05) is 44.5 Å².